The van der Waals surface area contributed by atoms with E-state index >= 15 is 0 Å². The number of hydrogen-bond donors (Lipinski definition) is 1. The predicted molar refractivity (Wildman–Crippen MR) is 108 cm³/mol. The third-order valence-corrected chi connectivity index (χ3v) is 5.38. The highest BCUT2D eigenvalue weighted by Crippen LogP contribution is 2.36. The lowest BCUT2D eigenvalue weighted by Crippen LogP contribution is -2.26. The maximum Gasteiger partial charge on any atom is 0.412 e. The van der Waals surface area contributed by atoms with E-state index in [0.717, 1.165) is 22.7 Å². The van der Waals surface area contributed by atoms with Crippen LogP contribution in [0.15, 0.2) is 41.3 Å². The third-order valence-electron chi connectivity index (χ3n) is 4.21. The van der Waals surface area contributed by atoms with Gasteiger partial charge in [-0.15, -0.1) is 0 Å². The minimum absolute atomic E-state index is 0.00854. The van der Waals surface area contributed by atoms with Crippen LogP contribution in [0.3, 0.4) is 0 Å². The van der Waals surface area contributed by atoms with Crippen molar-refractivity contribution in [2.75, 3.05) is 17.6 Å². The van der Waals surface area contributed by atoms with Crippen LogP contribution in [0.5, 0.6) is 0 Å². The second-order valence-corrected chi connectivity index (χ2v) is 8.22. The molecule has 1 amide bonds. The second-order valence-electron chi connectivity index (χ2n) is 6.21. The lowest BCUT2D eigenvalue weighted by atomic mass is 10.1. The average molecular weight is 433 g/mol. The van der Waals surface area contributed by atoms with Gasteiger partial charge in [0.1, 0.15) is 11.4 Å². The van der Waals surface area contributed by atoms with Crippen molar-refractivity contribution in [3.05, 3.63) is 53.9 Å². The molecule has 0 bridgehead atoms. The first-order chi connectivity index (χ1) is 14.0. The average Bonchev–Trinajstić information content (AvgIpc) is 3.04. The van der Waals surface area contributed by atoms with Crippen LogP contribution in [0.25, 0.3) is 28.5 Å². The number of pyridine rings is 1. The standard InChI is InChI=1S/C19H16FN3O6S/c1-4-10-9-13-14(18(24)29-19(21)25)15(11-5-7-12(20)8-6-11)28-17(13)22-16(10)23(2)30(3,26)27/h4-9H,1H2,2-3H3,(H2,21,25). The molecule has 0 atom stereocenters. The minimum atomic E-state index is -3.66. The van der Waals surface area contributed by atoms with E-state index in [4.69, 9.17) is 10.2 Å². The SMILES string of the molecule is C=Cc1cc2c(C(=O)OC(N)=O)c(-c3ccc(F)cc3)oc2nc1N(C)S(C)(=O)=O. The van der Waals surface area contributed by atoms with Gasteiger partial charge in [0.05, 0.1) is 11.6 Å². The lowest BCUT2D eigenvalue weighted by molar-refractivity contribution is 0.0640. The highest BCUT2D eigenvalue weighted by atomic mass is 32.2. The molecule has 0 aliphatic carbocycles. The fourth-order valence-electron chi connectivity index (χ4n) is 2.74. The van der Waals surface area contributed by atoms with Crippen LogP contribution in [0.4, 0.5) is 15.0 Å². The van der Waals surface area contributed by atoms with Gasteiger partial charge in [0.25, 0.3) is 0 Å². The number of nitrogens with zero attached hydrogens (tertiary/aromatic N) is 2. The molecule has 3 rings (SSSR count). The summed E-state index contributed by atoms with van der Waals surface area (Å²) in [6.45, 7) is 3.64. The molecule has 0 unspecified atom stereocenters. The summed E-state index contributed by atoms with van der Waals surface area (Å²) in [7, 11) is -2.37. The number of furan rings is 1. The van der Waals surface area contributed by atoms with Crippen molar-refractivity contribution in [2.24, 2.45) is 5.73 Å². The summed E-state index contributed by atoms with van der Waals surface area (Å²) in [5.74, 6) is -1.67. The molecule has 0 spiro atoms. The number of sulfonamides is 1. The maximum atomic E-state index is 13.3. The Morgan fingerprint density at radius 1 is 1.30 bits per heavy atom. The van der Waals surface area contributed by atoms with E-state index in [9.17, 15) is 22.4 Å². The summed E-state index contributed by atoms with van der Waals surface area (Å²) in [6.07, 6.45) is 1.01. The zero-order valence-electron chi connectivity index (χ0n) is 15.9. The number of ether oxygens (including phenoxy) is 1. The zero-order chi connectivity index (χ0) is 22.2. The number of amides is 1. The van der Waals surface area contributed by atoms with E-state index in [1.54, 1.807) is 0 Å². The van der Waals surface area contributed by atoms with E-state index in [1.807, 2.05) is 0 Å². The Morgan fingerprint density at radius 2 is 1.93 bits per heavy atom. The number of carbonyl (C=O) groups excluding carboxylic acids is 2. The first kappa shape index (κ1) is 21.0. The Kier molecular flexibility index (Phi) is 5.31. The molecular weight excluding hydrogens is 417 g/mol. The number of esters is 1. The van der Waals surface area contributed by atoms with Crippen LogP contribution >= 0.6 is 0 Å². The van der Waals surface area contributed by atoms with Crippen molar-refractivity contribution in [1.29, 1.82) is 0 Å². The number of rotatable bonds is 5. The third kappa shape index (κ3) is 3.87. The summed E-state index contributed by atoms with van der Waals surface area (Å²) in [4.78, 5) is 27.9. The van der Waals surface area contributed by atoms with Gasteiger partial charge in [-0.25, -0.2) is 22.4 Å². The molecular formula is C19H16FN3O6S. The largest absolute Gasteiger partial charge is 0.437 e. The normalized spacial score (nSPS) is 11.3. The molecule has 3 aromatic rings. The first-order valence-corrected chi connectivity index (χ1v) is 10.2. The fourth-order valence-corrected chi connectivity index (χ4v) is 3.20. The van der Waals surface area contributed by atoms with Crippen LogP contribution < -0.4 is 10.0 Å². The van der Waals surface area contributed by atoms with Gasteiger partial charge in [0, 0.05) is 18.2 Å². The van der Waals surface area contributed by atoms with E-state index < -0.39 is 27.9 Å². The van der Waals surface area contributed by atoms with Crippen LogP contribution in [0, 0.1) is 5.82 Å². The van der Waals surface area contributed by atoms with Gasteiger partial charge in [-0.05, 0) is 30.3 Å². The summed E-state index contributed by atoms with van der Waals surface area (Å²) in [5.41, 5.74) is 5.23. The molecule has 0 aliphatic rings. The molecule has 0 radical (unpaired) electrons. The highest BCUT2D eigenvalue weighted by molar-refractivity contribution is 7.92. The smallest absolute Gasteiger partial charge is 0.412 e. The number of nitrogens with two attached hydrogens (primary N) is 1. The van der Waals surface area contributed by atoms with Crippen molar-refractivity contribution >= 4 is 45.1 Å². The molecule has 156 valence electrons. The van der Waals surface area contributed by atoms with E-state index in [2.05, 4.69) is 16.3 Å². The summed E-state index contributed by atoms with van der Waals surface area (Å²) in [6, 6.07) is 6.42. The summed E-state index contributed by atoms with van der Waals surface area (Å²) >= 11 is 0. The number of primary amides is 1. The molecule has 0 saturated carbocycles. The Hall–Kier alpha value is -3.73. The highest BCUT2D eigenvalue weighted by Gasteiger charge is 2.28. The van der Waals surface area contributed by atoms with Gasteiger partial charge in [-0.3, -0.25) is 4.31 Å². The molecule has 11 heteroatoms. The van der Waals surface area contributed by atoms with E-state index in [1.165, 1.54) is 31.3 Å². The van der Waals surface area contributed by atoms with Crippen molar-refractivity contribution in [2.45, 2.75) is 0 Å². The van der Waals surface area contributed by atoms with Crippen LogP contribution in [0.1, 0.15) is 15.9 Å². The summed E-state index contributed by atoms with van der Waals surface area (Å²) < 4.78 is 48.3. The predicted octanol–water partition coefficient (Wildman–Crippen LogP) is 2.91. The maximum absolute atomic E-state index is 13.3. The number of hydrogen-bond acceptors (Lipinski definition) is 7. The van der Waals surface area contributed by atoms with Crippen molar-refractivity contribution in [3.8, 4) is 11.3 Å². The Morgan fingerprint density at radius 3 is 2.47 bits per heavy atom. The number of carbonyl (C=O) groups is 2. The monoisotopic (exact) mass is 433 g/mol. The van der Waals surface area contributed by atoms with Gasteiger partial charge in [0.15, 0.2) is 11.6 Å². The lowest BCUT2D eigenvalue weighted by Gasteiger charge is -2.17. The molecule has 30 heavy (non-hydrogen) atoms. The Bertz CT molecular complexity index is 1280. The van der Waals surface area contributed by atoms with Crippen LogP contribution in [-0.2, 0) is 14.8 Å². The molecule has 2 heterocycles. The number of benzene rings is 1. The van der Waals surface area contributed by atoms with Gasteiger partial charge < -0.3 is 14.9 Å². The Balaban J connectivity index is 2.34. The molecule has 9 nitrogen and oxygen atoms in total. The molecule has 1 aromatic carbocycles. The number of aromatic nitrogens is 1. The van der Waals surface area contributed by atoms with Crippen molar-refractivity contribution in [1.82, 2.24) is 4.98 Å². The minimum Gasteiger partial charge on any atom is -0.437 e. The van der Waals surface area contributed by atoms with E-state index in [-0.39, 0.29) is 33.8 Å². The van der Waals surface area contributed by atoms with Gasteiger partial charge >= 0.3 is 12.1 Å². The number of anilines is 1. The van der Waals surface area contributed by atoms with Crippen LogP contribution in [-0.4, -0.2) is 38.8 Å². The van der Waals surface area contributed by atoms with Gasteiger partial charge in [-0.2, -0.15) is 4.98 Å². The first-order valence-electron chi connectivity index (χ1n) is 8.34. The topological polar surface area (TPSA) is 133 Å². The molecule has 2 N–H and O–H groups in total. The number of halogens is 1. The Labute approximate surface area is 170 Å². The summed E-state index contributed by atoms with van der Waals surface area (Å²) in [5, 5.41) is 0.126. The quantitative estimate of drug-likeness (QED) is 0.483. The van der Waals surface area contributed by atoms with Gasteiger partial charge in [-0.1, -0.05) is 12.7 Å². The molecule has 0 aliphatic heterocycles. The van der Waals surface area contributed by atoms with Crippen LogP contribution in [0.2, 0.25) is 0 Å². The van der Waals surface area contributed by atoms with Crippen molar-refractivity contribution < 1.29 is 31.6 Å². The molecule has 0 saturated heterocycles. The molecule has 2 aromatic heterocycles. The van der Waals surface area contributed by atoms with Crippen molar-refractivity contribution in [3.63, 3.8) is 0 Å². The molecule has 0 fully saturated rings. The zero-order valence-corrected chi connectivity index (χ0v) is 16.7. The second kappa shape index (κ2) is 7.59. The fraction of sp³-hybridized carbons (Fsp3) is 0.105. The number of fused-ring (bicyclic) bond motifs is 1. The van der Waals surface area contributed by atoms with Gasteiger partial charge in [0.2, 0.25) is 15.7 Å². The van der Waals surface area contributed by atoms with E-state index in [0.29, 0.717) is 5.56 Å².